The second-order valence-electron chi connectivity index (χ2n) is 3.94. The summed E-state index contributed by atoms with van der Waals surface area (Å²) in [5.74, 6) is 0.750. The number of aliphatic hydroxyl groups is 1. The summed E-state index contributed by atoms with van der Waals surface area (Å²) in [6, 6.07) is 7.51. The molecule has 0 aliphatic rings. The third kappa shape index (κ3) is 2.35. The van der Waals surface area contributed by atoms with Crippen LogP contribution in [0.1, 0.15) is 11.3 Å². The van der Waals surface area contributed by atoms with Gasteiger partial charge in [-0.05, 0) is 19.1 Å². The number of ether oxygens (including phenoxy) is 1. The molecule has 1 N–H and O–H groups in total. The van der Waals surface area contributed by atoms with E-state index in [9.17, 15) is 0 Å². The van der Waals surface area contributed by atoms with E-state index in [0.29, 0.717) is 11.6 Å². The molecule has 4 nitrogen and oxygen atoms in total. The van der Waals surface area contributed by atoms with E-state index in [1.807, 2.05) is 31.2 Å². The molecular formula is C13H15ClN2O2. The average Bonchev–Trinajstić information content (AvgIpc) is 2.67. The van der Waals surface area contributed by atoms with Crippen molar-refractivity contribution in [1.82, 2.24) is 9.78 Å². The van der Waals surface area contributed by atoms with E-state index < -0.39 is 0 Å². The molecule has 0 bridgehead atoms. The van der Waals surface area contributed by atoms with Crippen LogP contribution in [0.4, 0.5) is 0 Å². The van der Waals surface area contributed by atoms with Crippen molar-refractivity contribution < 1.29 is 9.84 Å². The van der Waals surface area contributed by atoms with Crippen molar-refractivity contribution in [2.45, 2.75) is 13.3 Å². The Balaban J connectivity index is 2.47. The fourth-order valence-corrected chi connectivity index (χ4v) is 2.21. The summed E-state index contributed by atoms with van der Waals surface area (Å²) in [5.41, 5.74) is 2.55. The SMILES string of the molecule is COc1cccc(-n2nc(C)c(CCO)c2Cl)c1. The van der Waals surface area contributed by atoms with Gasteiger partial charge in [-0.15, -0.1) is 0 Å². The zero-order valence-electron chi connectivity index (χ0n) is 10.4. The molecule has 0 atom stereocenters. The van der Waals surface area contributed by atoms with Crippen molar-refractivity contribution in [2.75, 3.05) is 13.7 Å². The average molecular weight is 267 g/mol. The Morgan fingerprint density at radius 1 is 1.44 bits per heavy atom. The zero-order valence-corrected chi connectivity index (χ0v) is 11.1. The molecule has 0 unspecified atom stereocenters. The van der Waals surface area contributed by atoms with Gasteiger partial charge in [-0.3, -0.25) is 0 Å². The largest absolute Gasteiger partial charge is 0.497 e. The maximum atomic E-state index is 9.01. The van der Waals surface area contributed by atoms with Crippen molar-refractivity contribution in [3.8, 4) is 11.4 Å². The smallest absolute Gasteiger partial charge is 0.136 e. The lowest BCUT2D eigenvalue weighted by molar-refractivity contribution is 0.299. The minimum Gasteiger partial charge on any atom is -0.497 e. The number of aliphatic hydroxyl groups excluding tert-OH is 1. The van der Waals surface area contributed by atoms with Gasteiger partial charge in [-0.25, -0.2) is 4.68 Å². The molecule has 0 fully saturated rings. The van der Waals surface area contributed by atoms with Gasteiger partial charge in [0.15, 0.2) is 0 Å². The van der Waals surface area contributed by atoms with Crippen molar-refractivity contribution in [3.05, 3.63) is 40.7 Å². The highest BCUT2D eigenvalue weighted by Gasteiger charge is 2.14. The fourth-order valence-electron chi connectivity index (χ4n) is 1.84. The molecular weight excluding hydrogens is 252 g/mol. The number of aromatic nitrogens is 2. The Morgan fingerprint density at radius 3 is 2.89 bits per heavy atom. The first-order valence-corrected chi connectivity index (χ1v) is 6.04. The Labute approximate surface area is 111 Å². The van der Waals surface area contributed by atoms with Gasteiger partial charge in [-0.2, -0.15) is 5.10 Å². The monoisotopic (exact) mass is 266 g/mol. The molecule has 0 aliphatic carbocycles. The molecule has 5 heteroatoms. The minimum absolute atomic E-state index is 0.0599. The number of benzene rings is 1. The Bertz CT molecular complexity index is 552. The van der Waals surface area contributed by atoms with Crippen molar-refractivity contribution in [3.63, 3.8) is 0 Å². The topological polar surface area (TPSA) is 47.3 Å². The molecule has 1 heterocycles. The molecule has 0 saturated heterocycles. The molecule has 1 aromatic carbocycles. The maximum absolute atomic E-state index is 9.01. The van der Waals surface area contributed by atoms with Gasteiger partial charge in [0, 0.05) is 24.7 Å². The summed E-state index contributed by atoms with van der Waals surface area (Å²) < 4.78 is 6.83. The van der Waals surface area contributed by atoms with Crippen LogP contribution in [-0.2, 0) is 6.42 Å². The quantitative estimate of drug-likeness (QED) is 0.924. The van der Waals surface area contributed by atoms with E-state index in [4.69, 9.17) is 21.4 Å². The lowest BCUT2D eigenvalue weighted by Crippen LogP contribution is -1.97. The maximum Gasteiger partial charge on any atom is 0.136 e. The predicted octanol–water partition coefficient (Wildman–Crippen LogP) is 2.38. The third-order valence-electron chi connectivity index (χ3n) is 2.78. The molecule has 18 heavy (non-hydrogen) atoms. The second kappa shape index (κ2) is 5.42. The summed E-state index contributed by atoms with van der Waals surface area (Å²) in [6.45, 7) is 1.94. The number of hydrogen-bond donors (Lipinski definition) is 1. The highest BCUT2D eigenvalue weighted by atomic mass is 35.5. The molecule has 0 aliphatic heterocycles. The normalized spacial score (nSPS) is 10.7. The van der Waals surface area contributed by atoms with Gasteiger partial charge in [0.25, 0.3) is 0 Å². The zero-order chi connectivity index (χ0) is 13.1. The van der Waals surface area contributed by atoms with Gasteiger partial charge < -0.3 is 9.84 Å². The molecule has 2 aromatic rings. The first kappa shape index (κ1) is 12.9. The molecule has 1 aromatic heterocycles. The number of nitrogens with zero attached hydrogens (tertiary/aromatic N) is 2. The van der Waals surface area contributed by atoms with Crippen molar-refractivity contribution in [2.24, 2.45) is 0 Å². The highest BCUT2D eigenvalue weighted by molar-refractivity contribution is 6.30. The van der Waals surface area contributed by atoms with Crippen LogP contribution in [0.25, 0.3) is 5.69 Å². The van der Waals surface area contributed by atoms with Crippen LogP contribution in [0.3, 0.4) is 0 Å². The highest BCUT2D eigenvalue weighted by Crippen LogP contribution is 2.25. The van der Waals surface area contributed by atoms with Crippen molar-refractivity contribution >= 4 is 11.6 Å². The summed E-state index contributed by atoms with van der Waals surface area (Å²) in [5, 5.41) is 13.9. The summed E-state index contributed by atoms with van der Waals surface area (Å²) in [4.78, 5) is 0. The second-order valence-corrected chi connectivity index (χ2v) is 4.30. The van der Waals surface area contributed by atoms with Crippen LogP contribution < -0.4 is 4.74 Å². The minimum atomic E-state index is 0.0599. The lowest BCUT2D eigenvalue weighted by Gasteiger charge is -2.05. The van der Waals surface area contributed by atoms with E-state index in [1.54, 1.807) is 11.8 Å². The van der Waals surface area contributed by atoms with Gasteiger partial charge in [0.2, 0.25) is 0 Å². The number of rotatable bonds is 4. The van der Waals surface area contributed by atoms with E-state index >= 15 is 0 Å². The van der Waals surface area contributed by atoms with Gasteiger partial charge in [0.1, 0.15) is 10.9 Å². The van der Waals surface area contributed by atoms with Crippen LogP contribution in [0.2, 0.25) is 5.15 Å². The van der Waals surface area contributed by atoms with Gasteiger partial charge in [0.05, 0.1) is 18.5 Å². The fraction of sp³-hybridized carbons (Fsp3) is 0.308. The van der Waals surface area contributed by atoms with E-state index in [-0.39, 0.29) is 6.61 Å². The van der Waals surface area contributed by atoms with Crippen LogP contribution in [0, 0.1) is 6.92 Å². The standard InChI is InChI=1S/C13H15ClN2O2/c1-9-12(6-7-17)13(14)16(15-9)10-4-3-5-11(8-10)18-2/h3-5,8,17H,6-7H2,1-2H3. The molecule has 0 saturated carbocycles. The summed E-state index contributed by atoms with van der Waals surface area (Å²) in [7, 11) is 1.62. The number of aryl methyl sites for hydroxylation is 1. The lowest BCUT2D eigenvalue weighted by atomic mass is 10.2. The Kier molecular flexibility index (Phi) is 3.89. The Hall–Kier alpha value is -1.52. The number of methoxy groups -OCH3 is 1. The van der Waals surface area contributed by atoms with Gasteiger partial charge in [-0.1, -0.05) is 17.7 Å². The van der Waals surface area contributed by atoms with Gasteiger partial charge >= 0.3 is 0 Å². The van der Waals surface area contributed by atoms with E-state index in [1.165, 1.54) is 0 Å². The first-order valence-electron chi connectivity index (χ1n) is 5.66. The third-order valence-corrected chi connectivity index (χ3v) is 3.17. The molecule has 0 spiro atoms. The Morgan fingerprint density at radius 2 is 2.22 bits per heavy atom. The van der Waals surface area contributed by atoms with E-state index in [0.717, 1.165) is 22.7 Å². The molecule has 2 rings (SSSR count). The van der Waals surface area contributed by atoms with Crippen LogP contribution in [-0.4, -0.2) is 28.6 Å². The van der Waals surface area contributed by atoms with Crippen molar-refractivity contribution in [1.29, 1.82) is 0 Å². The molecule has 96 valence electrons. The van der Waals surface area contributed by atoms with Crippen LogP contribution in [0.5, 0.6) is 5.75 Å². The number of halogens is 1. The predicted molar refractivity (Wildman–Crippen MR) is 70.7 cm³/mol. The number of hydrogen-bond acceptors (Lipinski definition) is 3. The van der Waals surface area contributed by atoms with Crippen LogP contribution in [0.15, 0.2) is 24.3 Å². The molecule has 0 amide bonds. The van der Waals surface area contributed by atoms with Crippen LogP contribution >= 0.6 is 11.6 Å². The van der Waals surface area contributed by atoms with E-state index in [2.05, 4.69) is 5.10 Å². The summed E-state index contributed by atoms with van der Waals surface area (Å²) in [6.07, 6.45) is 0.509. The summed E-state index contributed by atoms with van der Waals surface area (Å²) >= 11 is 6.29. The first-order chi connectivity index (χ1) is 8.67. The molecule has 0 radical (unpaired) electrons.